The molecule has 6 heteroatoms. The summed E-state index contributed by atoms with van der Waals surface area (Å²) in [6, 6.07) is 53.1. The van der Waals surface area contributed by atoms with E-state index in [1.165, 1.54) is 25.7 Å². The van der Waals surface area contributed by atoms with Gasteiger partial charge in [-0.15, -0.1) is 11.3 Å². The first kappa shape index (κ1) is 28.6. The van der Waals surface area contributed by atoms with E-state index in [4.69, 9.17) is 13.8 Å². The number of thiophene rings is 1. The fraction of sp³-hybridized carbons (Fsp3) is 0.0444. The molecule has 10 aromatic rings. The second-order valence-corrected chi connectivity index (χ2v) is 14.2. The van der Waals surface area contributed by atoms with Gasteiger partial charge >= 0.3 is 0 Å². The maximum Gasteiger partial charge on any atom is 0.143 e. The van der Waals surface area contributed by atoms with Gasteiger partial charge in [0.1, 0.15) is 40.5 Å². The lowest BCUT2D eigenvalue weighted by molar-refractivity contribution is 0.409. The molecule has 5 nitrogen and oxygen atoms in total. The van der Waals surface area contributed by atoms with Crippen molar-refractivity contribution in [3.8, 4) is 11.1 Å². The molecule has 0 amide bonds. The number of hydrogen-bond donors (Lipinski definition) is 2. The number of hydrogen-bond acceptors (Lipinski definition) is 6. The molecule has 7 aromatic carbocycles. The molecule has 242 valence electrons. The van der Waals surface area contributed by atoms with E-state index in [1.807, 2.05) is 53.8 Å². The maximum atomic E-state index is 6.47. The van der Waals surface area contributed by atoms with Crippen molar-refractivity contribution >= 4 is 81.2 Å². The number of fused-ring (bicyclic) bond motifs is 9. The summed E-state index contributed by atoms with van der Waals surface area (Å²) in [6.45, 7) is 0. The van der Waals surface area contributed by atoms with Crippen molar-refractivity contribution < 1.29 is 8.83 Å². The third kappa shape index (κ3) is 4.47. The fourth-order valence-electron chi connectivity index (χ4n) is 7.81. The zero-order chi connectivity index (χ0) is 33.5. The highest BCUT2D eigenvalue weighted by molar-refractivity contribution is 7.26. The minimum atomic E-state index is -0.244. The van der Waals surface area contributed by atoms with Crippen LogP contribution in [0.25, 0.3) is 75.2 Å². The van der Waals surface area contributed by atoms with Crippen molar-refractivity contribution in [3.63, 3.8) is 0 Å². The van der Waals surface area contributed by atoms with Gasteiger partial charge in [0.05, 0.1) is 0 Å². The molecular formula is C45H29N3O2S. The fourth-order valence-corrected chi connectivity index (χ4v) is 9.02. The number of nitrogens with zero attached hydrogens (tertiary/aromatic N) is 1. The summed E-state index contributed by atoms with van der Waals surface area (Å²) >= 11 is 1.84. The van der Waals surface area contributed by atoms with Gasteiger partial charge < -0.3 is 14.2 Å². The van der Waals surface area contributed by atoms with E-state index in [-0.39, 0.29) is 12.3 Å². The van der Waals surface area contributed by atoms with Crippen molar-refractivity contribution in [1.82, 2.24) is 10.6 Å². The Hall–Kier alpha value is -6.21. The molecule has 2 atom stereocenters. The predicted octanol–water partition coefficient (Wildman–Crippen LogP) is 11.9. The standard InChI is InChI=1S/C45H29N3O2S/c1-2-11-26(12-3-1)43-46-44(48-45(47-43)34-19-10-22-38-40(34)33-14-5-7-21-37(33)49-38)27-23-24-39-35(25-27)32-18-9-17-31(42(32)51-39)30-16-8-15-29-28-13-4-6-20-36(28)50-41(29)30/h1-25,43-44,46H,(H,47,48). The molecular weight excluding hydrogens is 647 g/mol. The minimum absolute atomic E-state index is 0.192. The SMILES string of the molecule is c1ccc(C2N=C(c3cccc4oc5ccccc5c34)NC(c3ccc4sc5c(-c6cccc7c6oc6ccccc67)cccc5c4c3)N2)cc1. The van der Waals surface area contributed by atoms with Crippen LogP contribution in [0.1, 0.15) is 29.0 Å². The average Bonchev–Trinajstić information content (AvgIpc) is 3.89. The lowest BCUT2D eigenvalue weighted by Crippen LogP contribution is -2.45. The second-order valence-electron chi connectivity index (χ2n) is 13.1. The van der Waals surface area contributed by atoms with Crippen LogP contribution in [0.15, 0.2) is 165 Å². The first-order valence-electron chi connectivity index (χ1n) is 17.2. The highest BCUT2D eigenvalue weighted by atomic mass is 32.1. The highest BCUT2D eigenvalue weighted by Gasteiger charge is 2.28. The lowest BCUT2D eigenvalue weighted by Gasteiger charge is -2.32. The topological polar surface area (TPSA) is 62.7 Å². The molecule has 0 bridgehead atoms. The van der Waals surface area contributed by atoms with Gasteiger partial charge in [-0.25, -0.2) is 4.99 Å². The Kier molecular flexibility index (Phi) is 6.26. The number of nitrogens with one attached hydrogen (secondary N) is 2. The van der Waals surface area contributed by atoms with E-state index in [0.29, 0.717) is 0 Å². The van der Waals surface area contributed by atoms with Crippen LogP contribution < -0.4 is 10.6 Å². The van der Waals surface area contributed by atoms with Crippen molar-refractivity contribution in [2.45, 2.75) is 12.3 Å². The normalized spacial score (nSPS) is 16.4. The molecule has 2 unspecified atom stereocenters. The number of aliphatic imine (C=N–C) groups is 1. The summed E-state index contributed by atoms with van der Waals surface area (Å²) in [6.07, 6.45) is -0.436. The summed E-state index contributed by atoms with van der Waals surface area (Å²) in [4.78, 5) is 5.27. The zero-order valence-corrected chi connectivity index (χ0v) is 28.1. The van der Waals surface area contributed by atoms with Crippen molar-refractivity contribution in [1.29, 1.82) is 0 Å². The Morgan fingerprint density at radius 1 is 0.510 bits per heavy atom. The lowest BCUT2D eigenvalue weighted by atomic mass is 9.99. The van der Waals surface area contributed by atoms with E-state index < -0.39 is 0 Å². The molecule has 0 fully saturated rings. The van der Waals surface area contributed by atoms with E-state index in [0.717, 1.165) is 72.0 Å². The summed E-state index contributed by atoms with van der Waals surface area (Å²) < 4.78 is 15.2. The molecule has 0 spiro atoms. The Labute approximate surface area is 296 Å². The molecule has 3 aromatic heterocycles. The molecule has 0 saturated heterocycles. The van der Waals surface area contributed by atoms with Gasteiger partial charge in [0.15, 0.2) is 0 Å². The maximum absolute atomic E-state index is 6.47. The summed E-state index contributed by atoms with van der Waals surface area (Å²) in [7, 11) is 0. The number of benzene rings is 7. The summed E-state index contributed by atoms with van der Waals surface area (Å²) in [5.74, 6) is 0.834. The van der Waals surface area contributed by atoms with Crippen LogP contribution >= 0.6 is 11.3 Å². The van der Waals surface area contributed by atoms with Crippen LogP contribution in [0.3, 0.4) is 0 Å². The molecule has 0 aliphatic carbocycles. The Morgan fingerprint density at radius 2 is 1.20 bits per heavy atom. The molecule has 2 N–H and O–H groups in total. The van der Waals surface area contributed by atoms with E-state index in [1.54, 1.807) is 0 Å². The van der Waals surface area contributed by atoms with Crippen molar-refractivity contribution in [3.05, 3.63) is 168 Å². The Balaban J connectivity index is 1.05. The smallest absolute Gasteiger partial charge is 0.143 e. The molecule has 1 aliphatic heterocycles. The van der Waals surface area contributed by atoms with Crippen LogP contribution in [0.2, 0.25) is 0 Å². The van der Waals surface area contributed by atoms with E-state index in [2.05, 4.69) is 120 Å². The van der Waals surface area contributed by atoms with Gasteiger partial charge in [0, 0.05) is 58.4 Å². The second kappa shape index (κ2) is 11.2. The van der Waals surface area contributed by atoms with E-state index in [9.17, 15) is 0 Å². The quantitative estimate of drug-likeness (QED) is 0.195. The van der Waals surface area contributed by atoms with Crippen LogP contribution in [0.5, 0.6) is 0 Å². The molecule has 51 heavy (non-hydrogen) atoms. The van der Waals surface area contributed by atoms with Gasteiger partial charge in [-0.2, -0.15) is 0 Å². The van der Waals surface area contributed by atoms with Gasteiger partial charge in [-0.1, -0.05) is 121 Å². The summed E-state index contributed by atoms with van der Waals surface area (Å²) in [5.41, 5.74) is 9.14. The molecule has 4 heterocycles. The number of rotatable bonds is 4. The first-order valence-corrected chi connectivity index (χ1v) is 18.0. The van der Waals surface area contributed by atoms with E-state index >= 15 is 0 Å². The first-order chi connectivity index (χ1) is 25.3. The largest absolute Gasteiger partial charge is 0.456 e. The van der Waals surface area contributed by atoms with Crippen LogP contribution in [0, 0.1) is 0 Å². The van der Waals surface area contributed by atoms with Crippen molar-refractivity contribution in [2.24, 2.45) is 4.99 Å². The Morgan fingerprint density at radius 3 is 2.08 bits per heavy atom. The third-order valence-corrected chi connectivity index (χ3v) is 11.4. The molecule has 0 radical (unpaired) electrons. The third-order valence-electron chi connectivity index (χ3n) is 10.2. The average molecular weight is 676 g/mol. The molecule has 0 saturated carbocycles. The monoisotopic (exact) mass is 675 g/mol. The van der Waals surface area contributed by atoms with Crippen LogP contribution in [-0.2, 0) is 0 Å². The highest BCUT2D eigenvalue weighted by Crippen LogP contribution is 2.44. The zero-order valence-electron chi connectivity index (χ0n) is 27.3. The minimum Gasteiger partial charge on any atom is -0.456 e. The van der Waals surface area contributed by atoms with Gasteiger partial charge in [-0.3, -0.25) is 5.32 Å². The predicted molar refractivity (Wildman–Crippen MR) is 210 cm³/mol. The van der Waals surface area contributed by atoms with Gasteiger partial charge in [0.25, 0.3) is 0 Å². The van der Waals surface area contributed by atoms with Gasteiger partial charge in [-0.05, 0) is 41.5 Å². The molecule has 1 aliphatic rings. The van der Waals surface area contributed by atoms with Crippen LogP contribution in [-0.4, -0.2) is 5.84 Å². The summed E-state index contributed by atoms with van der Waals surface area (Å²) in [5, 5.41) is 14.5. The number of amidine groups is 1. The number of para-hydroxylation sites is 3. The number of furan rings is 2. The van der Waals surface area contributed by atoms with Gasteiger partial charge in [0.2, 0.25) is 0 Å². The Bertz CT molecular complexity index is 3010. The van der Waals surface area contributed by atoms with Crippen LogP contribution in [0.4, 0.5) is 0 Å². The molecule has 11 rings (SSSR count). The van der Waals surface area contributed by atoms with Crippen molar-refractivity contribution in [2.75, 3.05) is 0 Å².